The van der Waals surface area contributed by atoms with Gasteiger partial charge in [0.25, 0.3) is 10.0 Å². The fourth-order valence-corrected chi connectivity index (χ4v) is 6.28. The molecule has 9 heteroatoms. The summed E-state index contributed by atoms with van der Waals surface area (Å²) in [6.07, 6.45) is 0.978. The van der Waals surface area contributed by atoms with Crippen molar-refractivity contribution in [3.05, 3.63) is 126 Å². The molecule has 1 atom stereocenters. The number of hydrogen-bond donors (Lipinski definition) is 1. The average Bonchev–Trinajstić information content (AvgIpc) is 3.05. The van der Waals surface area contributed by atoms with Gasteiger partial charge in [0.15, 0.2) is 0 Å². The lowest BCUT2D eigenvalue weighted by Crippen LogP contribution is -2.53. The summed E-state index contributed by atoms with van der Waals surface area (Å²) >= 11 is 0. The van der Waals surface area contributed by atoms with Crippen molar-refractivity contribution in [2.45, 2.75) is 44.2 Å². The van der Waals surface area contributed by atoms with Crippen LogP contribution in [-0.4, -0.2) is 51.4 Å². The number of hydrogen-bond acceptors (Lipinski definition) is 5. The number of benzene rings is 4. The first-order valence-corrected chi connectivity index (χ1v) is 16.1. The highest BCUT2D eigenvalue weighted by atomic mass is 32.2. The Morgan fingerprint density at radius 3 is 2.11 bits per heavy atom. The summed E-state index contributed by atoms with van der Waals surface area (Å²) in [7, 11) is -2.57. The second-order valence-electron chi connectivity index (χ2n) is 10.5. The molecule has 4 aromatic carbocycles. The van der Waals surface area contributed by atoms with Crippen LogP contribution in [0.25, 0.3) is 0 Å². The molecule has 0 unspecified atom stereocenters. The molecule has 2 amide bonds. The zero-order valence-electron chi connectivity index (χ0n) is 25.3. The van der Waals surface area contributed by atoms with Crippen LogP contribution in [0, 0.1) is 6.92 Å². The lowest BCUT2D eigenvalue weighted by atomic mass is 10.0. The number of sulfonamides is 1. The number of nitrogens with zero attached hydrogens (tertiary/aromatic N) is 2. The first-order chi connectivity index (χ1) is 21.2. The van der Waals surface area contributed by atoms with E-state index in [2.05, 4.69) is 5.32 Å². The van der Waals surface area contributed by atoms with E-state index in [4.69, 9.17) is 4.74 Å². The van der Waals surface area contributed by atoms with Crippen LogP contribution in [0.4, 0.5) is 5.69 Å². The number of nitrogens with one attached hydrogen (secondary N) is 1. The molecule has 0 heterocycles. The van der Waals surface area contributed by atoms with Gasteiger partial charge >= 0.3 is 0 Å². The number of carbonyl (C=O) groups excluding carboxylic acids is 2. The molecule has 0 saturated heterocycles. The fraction of sp³-hybridized carbons (Fsp3) is 0.257. The molecule has 230 valence electrons. The van der Waals surface area contributed by atoms with Gasteiger partial charge in [0.05, 0.1) is 17.7 Å². The predicted octanol–water partition coefficient (Wildman–Crippen LogP) is 5.37. The number of aryl methyl sites for hydroxylation is 1. The number of ether oxygens (including phenoxy) is 1. The van der Waals surface area contributed by atoms with Crippen molar-refractivity contribution >= 4 is 27.5 Å². The molecule has 0 saturated carbocycles. The van der Waals surface area contributed by atoms with Crippen LogP contribution in [-0.2, 0) is 32.6 Å². The van der Waals surface area contributed by atoms with Crippen molar-refractivity contribution in [2.75, 3.05) is 24.5 Å². The lowest BCUT2D eigenvalue weighted by molar-refractivity contribution is -0.140. The Morgan fingerprint density at radius 1 is 0.841 bits per heavy atom. The van der Waals surface area contributed by atoms with Crippen LogP contribution >= 0.6 is 0 Å². The number of rotatable bonds is 14. The van der Waals surface area contributed by atoms with Crippen LogP contribution in [0.5, 0.6) is 5.75 Å². The molecular weight excluding hydrogens is 574 g/mol. The molecule has 0 bridgehead atoms. The maximum atomic E-state index is 14.4. The van der Waals surface area contributed by atoms with Crippen molar-refractivity contribution in [3.8, 4) is 5.75 Å². The Balaban J connectivity index is 1.79. The van der Waals surface area contributed by atoms with Gasteiger partial charge in [-0.25, -0.2) is 8.42 Å². The molecule has 1 N–H and O–H groups in total. The third-order valence-electron chi connectivity index (χ3n) is 7.24. The van der Waals surface area contributed by atoms with E-state index in [-0.39, 0.29) is 23.8 Å². The average molecular weight is 614 g/mol. The minimum atomic E-state index is -4.13. The topological polar surface area (TPSA) is 96.0 Å². The fourth-order valence-electron chi connectivity index (χ4n) is 4.85. The Labute approximate surface area is 260 Å². The van der Waals surface area contributed by atoms with E-state index in [1.165, 1.54) is 17.0 Å². The molecule has 0 radical (unpaired) electrons. The van der Waals surface area contributed by atoms with Crippen LogP contribution in [0.2, 0.25) is 0 Å². The van der Waals surface area contributed by atoms with Gasteiger partial charge in [-0.1, -0.05) is 85.3 Å². The Morgan fingerprint density at radius 2 is 1.48 bits per heavy atom. The third-order valence-corrected chi connectivity index (χ3v) is 9.03. The van der Waals surface area contributed by atoms with E-state index < -0.39 is 28.5 Å². The molecule has 0 aromatic heterocycles. The van der Waals surface area contributed by atoms with Crippen molar-refractivity contribution in [1.29, 1.82) is 0 Å². The summed E-state index contributed by atoms with van der Waals surface area (Å²) in [6.45, 7) is 3.88. The normalized spacial score (nSPS) is 11.8. The molecule has 0 fully saturated rings. The van der Waals surface area contributed by atoms with Gasteiger partial charge in [-0.05, 0) is 60.9 Å². The van der Waals surface area contributed by atoms with E-state index in [0.29, 0.717) is 18.0 Å². The highest BCUT2D eigenvalue weighted by molar-refractivity contribution is 7.92. The summed E-state index contributed by atoms with van der Waals surface area (Å²) in [5.41, 5.74) is 2.92. The van der Waals surface area contributed by atoms with Gasteiger partial charge in [0.2, 0.25) is 11.8 Å². The van der Waals surface area contributed by atoms with E-state index >= 15 is 0 Å². The second kappa shape index (κ2) is 15.2. The molecule has 0 spiro atoms. The zero-order valence-corrected chi connectivity index (χ0v) is 26.2. The third kappa shape index (κ3) is 8.26. The van der Waals surface area contributed by atoms with Gasteiger partial charge in [0, 0.05) is 19.5 Å². The lowest BCUT2D eigenvalue weighted by Gasteiger charge is -2.34. The molecule has 8 nitrogen and oxygen atoms in total. The minimum Gasteiger partial charge on any atom is -0.497 e. The first kappa shape index (κ1) is 32.3. The molecule has 0 aliphatic carbocycles. The molecule has 4 aromatic rings. The monoisotopic (exact) mass is 613 g/mol. The van der Waals surface area contributed by atoms with Gasteiger partial charge in [-0.15, -0.1) is 0 Å². The Bertz CT molecular complexity index is 1630. The number of methoxy groups -OCH3 is 1. The molecule has 0 aliphatic rings. The van der Waals surface area contributed by atoms with E-state index in [0.717, 1.165) is 27.4 Å². The van der Waals surface area contributed by atoms with Crippen LogP contribution < -0.4 is 14.4 Å². The highest BCUT2D eigenvalue weighted by Crippen LogP contribution is 2.26. The quantitative estimate of drug-likeness (QED) is 0.207. The molecule has 44 heavy (non-hydrogen) atoms. The molecule has 0 aliphatic heterocycles. The summed E-state index contributed by atoms with van der Waals surface area (Å²) in [4.78, 5) is 29.7. The maximum Gasteiger partial charge on any atom is 0.264 e. The SMILES string of the molecule is CCCNC(=O)[C@@H](Cc1ccccc1)N(Cc1cccc(OC)c1)C(=O)CN(c1ccc(C)cc1)S(=O)(=O)c1ccccc1. The van der Waals surface area contributed by atoms with Crippen molar-refractivity contribution in [3.63, 3.8) is 0 Å². The van der Waals surface area contributed by atoms with E-state index in [1.54, 1.807) is 55.6 Å². The smallest absolute Gasteiger partial charge is 0.264 e. The van der Waals surface area contributed by atoms with Crippen molar-refractivity contribution in [1.82, 2.24) is 10.2 Å². The maximum absolute atomic E-state index is 14.4. The summed E-state index contributed by atoms with van der Waals surface area (Å²) in [5.74, 6) is -0.210. The minimum absolute atomic E-state index is 0.0641. The highest BCUT2D eigenvalue weighted by Gasteiger charge is 2.34. The van der Waals surface area contributed by atoms with E-state index in [1.807, 2.05) is 62.4 Å². The largest absolute Gasteiger partial charge is 0.497 e. The van der Waals surface area contributed by atoms with Gasteiger partial charge in [-0.3, -0.25) is 13.9 Å². The first-order valence-electron chi connectivity index (χ1n) is 14.6. The summed E-state index contributed by atoms with van der Waals surface area (Å²) < 4.78 is 34.6. The summed E-state index contributed by atoms with van der Waals surface area (Å²) in [6, 6.07) is 30.9. The second-order valence-corrected chi connectivity index (χ2v) is 12.4. The summed E-state index contributed by atoms with van der Waals surface area (Å²) in [5, 5.41) is 2.95. The number of amides is 2. The number of carbonyl (C=O) groups is 2. The zero-order chi connectivity index (χ0) is 31.5. The van der Waals surface area contributed by atoms with Crippen LogP contribution in [0.1, 0.15) is 30.0 Å². The van der Waals surface area contributed by atoms with Crippen molar-refractivity contribution < 1.29 is 22.7 Å². The van der Waals surface area contributed by atoms with Gasteiger partial charge < -0.3 is 15.0 Å². The molecular formula is C35H39N3O5S. The predicted molar refractivity (Wildman–Crippen MR) is 173 cm³/mol. The van der Waals surface area contributed by atoms with Gasteiger partial charge in [0.1, 0.15) is 18.3 Å². The van der Waals surface area contributed by atoms with E-state index in [9.17, 15) is 18.0 Å². The van der Waals surface area contributed by atoms with Crippen LogP contribution in [0.3, 0.4) is 0 Å². The Hall–Kier alpha value is -4.63. The van der Waals surface area contributed by atoms with Gasteiger partial charge in [-0.2, -0.15) is 0 Å². The standard InChI is InChI=1S/C35H39N3O5S/c1-4-22-36-35(40)33(24-28-12-7-5-8-13-28)37(25-29-14-11-15-31(23-29)43-3)34(39)26-38(30-20-18-27(2)19-21-30)44(41,42)32-16-9-6-10-17-32/h5-21,23,33H,4,22,24-26H2,1-3H3,(H,36,40)/t33-/m1/s1. The number of anilines is 1. The van der Waals surface area contributed by atoms with Crippen molar-refractivity contribution in [2.24, 2.45) is 0 Å². The van der Waals surface area contributed by atoms with Crippen LogP contribution in [0.15, 0.2) is 114 Å². The molecule has 4 rings (SSSR count). The Kier molecular flexibility index (Phi) is 11.2.